The number of nitrogens with zero attached hydrogens (tertiary/aromatic N) is 1. The van der Waals surface area contributed by atoms with E-state index >= 15 is 0 Å². The van der Waals surface area contributed by atoms with Crippen molar-refractivity contribution in [1.82, 2.24) is 4.57 Å². The van der Waals surface area contributed by atoms with Crippen LogP contribution in [0.4, 0.5) is 0 Å². The Morgan fingerprint density at radius 2 is 1.05 bits per heavy atom. The summed E-state index contributed by atoms with van der Waals surface area (Å²) in [5, 5.41) is 5.30. The molecule has 2 aliphatic rings. The van der Waals surface area contributed by atoms with Crippen LogP contribution in [-0.4, -0.2) is 4.57 Å². The Kier molecular flexibility index (Phi) is 4.58. The average Bonchev–Trinajstić information content (AvgIpc) is 3.66. The van der Waals surface area contributed by atoms with Crippen LogP contribution < -0.4 is 0 Å². The molecule has 206 valence electrons. The fourth-order valence-corrected chi connectivity index (χ4v) is 8.43. The van der Waals surface area contributed by atoms with Crippen LogP contribution in [0.25, 0.3) is 82.8 Å². The predicted octanol–water partition coefficient (Wildman–Crippen LogP) is 11.6. The van der Waals surface area contributed by atoms with Crippen molar-refractivity contribution in [1.29, 1.82) is 0 Å². The lowest BCUT2D eigenvalue weighted by molar-refractivity contribution is 0.664. The molecule has 0 amide bonds. The number of aromatic nitrogens is 1. The third kappa shape index (κ3) is 2.94. The summed E-state index contributed by atoms with van der Waals surface area (Å²) >= 11 is 0. The zero-order chi connectivity index (χ0) is 29.2. The molecule has 1 heterocycles. The SMILES string of the molecule is CC1(C)c2ccccc2-c2ccc3c4ccccc4n(-c4ccc(-c5ccc6c7c(cccc57)-c5ccccc5-6)cc4)c3c21. The van der Waals surface area contributed by atoms with Crippen molar-refractivity contribution < 1.29 is 0 Å². The van der Waals surface area contributed by atoms with Gasteiger partial charge in [-0.25, -0.2) is 0 Å². The van der Waals surface area contributed by atoms with Crippen LogP contribution >= 0.6 is 0 Å². The van der Waals surface area contributed by atoms with Crippen LogP contribution in [0.3, 0.4) is 0 Å². The largest absolute Gasteiger partial charge is 0.309 e. The van der Waals surface area contributed by atoms with Crippen LogP contribution in [0, 0.1) is 0 Å². The van der Waals surface area contributed by atoms with E-state index in [1.165, 1.54) is 93.9 Å². The first-order valence-electron chi connectivity index (χ1n) is 15.5. The van der Waals surface area contributed by atoms with Gasteiger partial charge in [0.2, 0.25) is 0 Å². The Balaban J connectivity index is 1.19. The molecule has 0 N–H and O–H groups in total. The molecule has 1 aromatic heterocycles. The first-order valence-corrected chi connectivity index (χ1v) is 15.5. The van der Waals surface area contributed by atoms with E-state index in [4.69, 9.17) is 0 Å². The van der Waals surface area contributed by atoms with Gasteiger partial charge in [0.25, 0.3) is 0 Å². The maximum absolute atomic E-state index is 2.50. The number of para-hydroxylation sites is 1. The summed E-state index contributed by atoms with van der Waals surface area (Å²) in [6.07, 6.45) is 0. The zero-order valence-electron chi connectivity index (χ0n) is 24.7. The summed E-state index contributed by atoms with van der Waals surface area (Å²) in [6, 6.07) is 51.9. The molecule has 7 aromatic carbocycles. The molecule has 1 nitrogen and oxygen atoms in total. The Labute approximate surface area is 256 Å². The van der Waals surface area contributed by atoms with Gasteiger partial charge in [-0.15, -0.1) is 0 Å². The lowest BCUT2D eigenvalue weighted by Crippen LogP contribution is -2.16. The Morgan fingerprint density at radius 3 is 1.86 bits per heavy atom. The molecule has 0 radical (unpaired) electrons. The van der Waals surface area contributed by atoms with E-state index in [9.17, 15) is 0 Å². The molecule has 0 saturated carbocycles. The van der Waals surface area contributed by atoms with E-state index in [1.807, 2.05) is 0 Å². The summed E-state index contributed by atoms with van der Waals surface area (Å²) in [7, 11) is 0. The Morgan fingerprint density at radius 1 is 0.432 bits per heavy atom. The fraction of sp³-hybridized carbons (Fsp3) is 0.0698. The summed E-state index contributed by atoms with van der Waals surface area (Å²) < 4.78 is 2.50. The van der Waals surface area contributed by atoms with Gasteiger partial charge in [0.1, 0.15) is 0 Å². The Bertz CT molecular complexity index is 2480. The van der Waals surface area contributed by atoms with Crippen molar-refractivity contribution in [3.8, 4) is 50.2 Å². The van der Waals surface area contributed by atoms with E-state index in [0.717, 1.165) is 0 Å². The zero-order valence-corrected chi connectivity index (χ0v) is 24.7. The lowest BCUT2D eigenvalue weighted by atomic mass is 9.81. The minimum atomic E-state index is -0.0975. The second-order valence-corrected chi connectivity index (χ2v) is 12.9. The van der Waals surface area contributed by atoms with Crippen molar-refractivity contribution in [2.75, 3.05) is 0 Å². The molecule has 1 heteroatoms. The summed E-state index contributed by atoms with van der Waals surface area (Å²) in [5.74, 6) is 0. The van der Waals surface area contributed by atoms with Gasteiger partial charge in [-0.3, -0.25) is 0 Å². The smallest absolute Gasteiger partial charge is 0.0588 e. The molecular weight excluding hydrogens is 530 g/mol. The maximum Gasteiger partial charge on any atom is 0.0588 e. The summed E-state index contributed by atoms with van der Waals surface area (Å²) in [6.45, 7) is 4.77. The highest BCUT2D eigenvalue weighted by molar-refractivity contribution is 6.19. The van der Waals surface area contributed by atoms with Crippen LogP contribution in [-0.2, 0) is 5.41 Å². The molecule has 0 aliphatic heterocycles. The van der Waals surface area contributed by atoms with Crippen molar-refractivity contribution in [3.63, 3.8) is 0 Å². The monoisotopic (exact) mass is 559 g/mol. The number of hydrogen-bond acceptors (Lipinski definition) is 0. The highest BCUT2D eigenvalue weighted by atomic mass is 15.0. The van der Waals surface area contributed by atoms with Crippen molar-refractivity contribution in [2.24, 2.45) is 0 Å². The van der Waals surface area contributed by atoms with Gasteiger partial charge in [0, 0.05) is 21.9 Å². The minimum Gasteiger partial charge on any atom is -0.309 e. The highest BCUT2D eigenvalue weighted by Crippen LogP contribution is 2.53. The van der Waals surface area contributed by atoms with E-state index in [1.54, 1.807) is 0 Å². The molecule has 0 atom stereocenters. The topological polar surface area (TPSA) is 4.93 Å². The molecule has 0 bridgehead atoms. The second kappa shape index (κ2) is 8.36. The molecule has 0 unspecified atom stereocenters. The average molecular weight is 560 g/mol. The number of fused-ring (bicyclic) bond motifs is 10. The van der Waals surface area contributed by atoms with E-state index in [0.29, 0.717) is 0 Å². The summed E-state index contributed by atoms with van der Waals surface area (Å²) in [4.78, 5) is 0. The van der Waals surface area contributed by atoms with Gasteiger partial charge in [-0.1, -0.05) is 135 Å². The standard InChI is InChI=1S/C43H29N/c1-43(2)38-16-7-5-12-31(38)36-24-25-37-32-13-6-8-17-39(32)44(42(37)41(36)43)27-20-18-26(19-21-27)28-22-23-35-30-11-4-3-10-29(30)34-15-9-14-33(28)40(34)35/h3-25H,1-2H3. The van der Waals surface area contributed by atoms with Crippen LogP contribution in [0.1, 0.15) is 25.0 Å². The number of benzene rings is 7. The van der Waals surface area contributed by atoms with Gasteiger partial charge in [-0.2, -0.15) is 0 Å². The van der Waals surface area contributed by atoms with Crippen molar-refractivity contribution in [3.05, 3.63) is 151 Å². The third-order valence-electron chi connectivity index (χ3n) is 10.3. The quantitative estimate of drug-likeness (QED) is 0.198. The normalized spacial score (nSPS) is 13.9. The van der Waals surface area contributed by atoms with Gasteiger partial charge in [0.05, 0.1) is 11.0 Å². The molecule has 0 saturated heterocycles. The summed E-state index contributed by atoms with van der Waals surface area (Å²) in [5.41, 5.74) is 17.1. The molecule has 0 fully saturated rings. The third-order valence-corrected chi connectivity index (χ3v) is 10.3. The molecular formula is C43H29N. The van der Waals surface area contributed by atoms with E-state index in [2.05, 4.69) is 158 Å². The predicted molar refractivity (Wildman–Crippen MR) is 186 cm³/mol. The van der Waals surface area contributed by atoms with Crippen LogP contribution in [0.15, 0.2) is 140 Å². The van der Waals surface area contributed by atoms with Crippen molar-refractivity contribution in [2.45, 2.75) is 19.3 Å². The van der Waals surface area contributed by atoms with E-state index < -0.39 is 0 Å². The number of rotatable bonds is 2. The van der Waals surface area contributed by atoms with Crippen LogP contribution in [0.2, 0.25) is 0 Å². The molecule has 8 aromatic rings. The van der Waals surface area contributed by atoms with Gasteiger partial charge >= 0.3 is 0 Å². The second-order valence-electron chi connectivity index (χ2n) is 12.9. The molecule has 10 rings (SSSR count). The Hall–Kier alpha value is -5.40. The van der Waals surface area contributed by atoms with Crippen molar-refractivity contribution >= 4 is 32.6 Å². The van der Waals surface area contributed by atoms with Gasteiger partial charge < -0.3 is 4.57 Å². The maximum atomic E-state index is 2.50. The lowest BCUT2D eigenvalue weighted by Gasteiger charge is -2.23. The molecule has 0 spiro atoms. The fourth-order valence-electron chi connectivity index (χ4n) is 8.43. The van der Waals surface area contributed by atoms with Gasteiger partial charge in [-0.05, 0) is 84.6 Å². The van der Waals surface area contributed by atoms with Gasteiger partial charge in [0.15, 0.2) is 0 Å². The first-order chi connectivity index (χ1) is 21.6. The minimum absolute atomic E-state index is 0.0975. The van der Waals surface area contributed by atoms with Crippen LogP contribution in [0.5, 0.6) is 0 Å². The van der Waals surface area contributed by atoms with E-state index in [-0.39, 0.29) is 5.41 Å². The molecule has 44 heavy (non-hydrogen) atoms. The number of hydrogen-bond donors (Lipinski definition) is 0. The highest BCUT2D eigenvalue weighted by Gasteiger charge is 2.38. The molecule has 2 aliphatic carbocycles. The first kappa shape index (κ1) is 24.1.